The van der Waals surface area contributed by atoms with Crippen molar-refractivity contribution in [2.75, 3.05) is 23.7 Å². The molecular formula is C11H17N5OS. The van der Waals surface area contributed by atoms with E-state index in [9.17, 15) is 0 Å². The summed E-state index contributed by atoms with van der Waals surface area (Å²) in [5.41, 5.74) is 5.84. The molecule has 3 N–H and O–H groups in total. The van der Waals surface area contributed by atoms with Crippen LogP contribution in [0.5, 0.6) is 0 Å². The van der Waals surface area contributed by atoms with Crippen molar-refractivity contribution in [2.45, 2.75) is 18.6 Å². The molecule has 1 unspecified atom stereocenters. The lowest BCUT2D eigenvalue weighted by Gasteiger charge is -2.32. The maximum Gasteiger partial charge on any atom is 0.190 e. The van der Waals surface area contributed by atoms with Crippen LogP contribution in [0.15, 0.2) is 17.5 Å². The Morgan fingerprint density at radius 2 is 2.44 bits per heavy atom. The number of nitrogens with zero attached hydrogens (tertiary/aromatic N) is 4. The highest BCUT2D eigenvalue weighted by Crippen LogP contribution is 2.24. The zero-order valence-corrected chi connectivity index (χ0v) is 11.1. The molecule has 6 nitrogen and oxygen atoms in total. The molecule has 0 spiro atoms. The van der Waals surface area contributed by atoms with Gasteiger partial charge >= 0.3 is 0 Å². The summed E-state index contributed by atoms with van der Waals surface area (Å²) in [6, 6.07) is 0. The second kappa shape index (κ2) is 5.90. The Morgan fingerprint density at radius 3 is 3.06 bits per heavy atom. The van der Waals surface area contributed by atoms with Crippen LogP contribution >= 0.6 is 11.8 Å². The van der Waals surface area contributed by atoms with E-state index in [1.54, 1.807) is 6.20 Å². The number of rotatable bonds is 3. The van der Waals surface area contributed by atoms with Gasteiger partial charge in [0.05, 0.1) is 12.4 Å². The molecule has 1 aliphatic heterocycles. The molecule has 0 amide bonds. The van der Waals surface area contributed by atoms with E-state index < -0.39 is 0 Å². The van der Waals surface area contributed by atoms with Crippen molar-refractivity contribution in [1.82, 2.24) is 9.97 Å². The molecule has 2 rings (SSSR count). The number of hydrogen-bond acceptors (Lipinski definition) is 6. The molecule has 0 aromatic carbocycles. The van der Waals surface area contributed by atoms with Crippen molar-refractivity contribution < 1.29 is 5.21 Å². The summed E-state index contributed by atoms with van der Waals surface area (Å²) in [5.74, 6) is 1.94. The monoisotopic (exact) mass is 267 g/mol. The van der Waals surface area contributed by atoms with Crippen molar-refractivity contribution in [3.8, 4) is 0 Å². The van der Waals surface area contributed by atoms with Crippen molar-refractivity contribution >= 4 is 23.4 Å². The van der Waals surface area contributed by atoms with Gasteiger partial charge in [-0.1, -0.05) is 12.1 Å². The lowest BCUT2D eigenvalue weighted by molar-refractivity contribution is 0.318. The first-order valence-corrected chi connectivity index (χ1v) is 6.96. The molecule has 0 bridgehead atoms. The van der Waals surface area contributed by atoms with E-state index in [1.165, 1.54) is 6.20 Å². The Bertz CT molecular complexity index is 422. The molecule has 1 aliphatic rings. The zero-order valence-electron chi connectivity index (χ0n) is 10.3. The van der Waals surface area contributed by atoms with Gasteiger partial charge in [0.1, 0.15) is 11.5 Å². The molecule has 1 atom stereocenters. The fourth-order valence-electron chi connectivity index (χ4n) is 1.84. The fourth-order valence-corrected chi connectivity index (χ4v) is 3.02. The molecule has 18 heavy (non-hydrogen) atoms. The highest BCUT2D eigenvalue weighted by molar-refractivity contribution is 8.00. The summed E-state index contributed by atoms with van der Waals surface area (Å²) in [6.07, 6.45) is 4.37. The predicted octanol–water partition coefficient (Wildman–Crippen LogP) is 0.903. The number of nitrogens with two attached hydrogens (primary N) is 1. The van der Waals surface area contributed by atoms with Gasteiger partial charge in [0, 0.05) is 24.1 Å². The molecule has 2 heterocycles. The van der Waals surface area contributed by atoms with Crippen molar-refractivity contribution in [2.24, 2.45) is 10.9 Å². The Hall–Kier alpha value is -1.50. The lowest BCUT2D eigenvalue weighted by atomic mass is 10.3. The molecule has 1 aromatic heterocycles. The van der Waals surface area contributed by atoms with E-state index in [4.69, 9.17) is 10.9 Å². The van der Waals surface area contributed by atoms with Crippen LogP contribution in [0.4, 0.5) is 5.82 Å². The quantitative estimate of drug-likeness (QED) is 0.366. The Kier molecular flexibility index (Phi) is 4.24. The number of hydrogen-bond donors (Lipinski definition) is 2. The minimum Gasteiger partial charge on any atom is -0.409 e. The molecule has 1 fully saturated rings. The third-order valence-electron chi connectivity index (χ3n) is 2.93. The van der Waals surface area contributed by atoms with Crippen molar-refractivity contribution in [3.05, 3.63) is 18.1 Å². The summed E-state index contributed by atoms with van der Waals surface area (Å²) >= 11 is 2.01. The van der Waals surface area contributed by atoms with Gasteiger partial charge in [-0.25, -0.2) is 9.97 Å². The molecule has 98 valence electrons. The molecular weight excluding hydrogens is 250 g/mol. The summed E-state index contributed by atoms with van der Waals surface area (Å²) in [5, 5.41) is 12.1. The SMILES string of the molecule is CCC1CN(c2cnc(C(N)=NO)cn2)CCS1. The number of anilines is 1. The van der Waals surface area contributed by atoms with Crippen LogP contribution < -0.4 is 10.6 Å². The highest BCUT2D eigenvalue weighted by atomic mass is 32.2. The van der Waals surface area contributed by atoms with E-state index in [-0.39, 0.29) is 5.84 Å². The Morgan fingerprint density at radius 1 is 1.61 bits per heavy atom. The first-order chi connectivity index (χ1) is 8.74. The van der Waals surface area contributed by atoms with Gasteiger partial charge in [-0.3, -0.25) is 0 Å². The molecule has 7 heteroatoms. The number of oxime groups is 1. The first kappa shape index (κ1) is 12.9. The van der Waals surface area contributed by atoms with E-state index >= 15 is 0 Å². The topological polar surface area (TPSA) is 87.6 Å². The van der Waals surface area contributed by atoms with Crippen LogP contribution in [0.1, 0.15) is 19.0 Å². The summed E-state index contributed by atoms with van der Waals surface area (Å²) in [6.45, 7) is 4.19. The molecule has 0 radical (unpaired) electrons. The molecule has 1 saturated heterocycles. The van der Waals surface area contributed by atoms with Gasteiger partial charge in [-0.15, -0.1) is 0 Å². The van der Waals surface area contributed by atoms with Crippen molar-refractivity contribution in [1.29, 1.82) is 0 Å². The summed E-state index contributed by atoms with van der Waals surface area (Å²) in [4.78, 5) is 10.7. The van der Waals surface area contributed by atoms with Crippen LogP contribution in [-0.4, -0.2) is 45.1 Å². The predicted molar refractivity (Wildman–Crippen MR) is 73.3 cm³/mol. The van der Waals surface area contributed by atoms with Crippen molar-refractivity contribution in [3.63, 3.8) is 0 Å². The maximum absolute atomic E-state index is 8.55. The van der Waals surface area contributed by atoms with Crippen LogP contribution in [0, 0.1) is 0 Å². The largest absolute Gasteiger partial charge is 0.409 e. The van der Waals surface area contributed by atoms with Crippen LogP contribution in [0.25, 0.3) is 0 Å². The van der Waals surface area contributed by atoms with Gasteiger partial charge in [-0.05, 0) is 6.42 Å². The smallest absolute Gasteiger partial charge is 0.190 e. The number of thioether (sulfide) groups is 1. The standard InChI is InChI=1S/C11H17N5OS/c1-2-8-7-16(3-4-18-8)10-6-13-9(5-14-10)11(12)15-17/h5-6,8,17H,2-4,7H2,1H3,(H2,12,15). The van der Waals surface area contributed by atoms with E-state index in [0.29, 0.717) is 10.9 Å². The minimum atomic E-state index is -0.0188. The summed E-state index contributed by atoms with van der Waals surface area (Å²) < 4.78 is 0. The van der Waals surface area contributed by atoms with Gasteiger partial charge in [-0.2, -0.15) is 11.8 Å². The third-order valence-corrected chi connectivity index (χ3v) is 4.30. The van der Waals surface area contributed by atoms with Gasteiger partial charge in [0.2, 0.25) is 0 Å². The second-order valence-electron chi connectivity index (χ2n) is 4.09. The van der Waals surface area contributed by atoms with Crippen LogP contribution in [0.2, 0.25) is 0 Å². The van der Waals surface area contributed by atoms with E-state index in [0.717, 1.165) is 31.1 Å². The Labute approximate surface area is 110 Å². The van der Waals surface area contributed by atoms with Crippen LogP contribution in [0.3, 0.4) is 0 Å². The van der Waals surface area contributed by atoms with E-state index in [2.05, 4.69) is 26.9 Å². The number of aromatic nitrogens is 2. The molecule has 0 saturated carbocycles. The number of amidine groups is 1. The fraction of sp³-hybridized carbons (Fsp3) is 0.545. The lowest BCUT2D eigenvalue weighted by Crippen LogP contribution is -2.38. The highest BCUT2D eigenvalue weighted by Gasteiger charge is 2.20. The second-order valence-corrected chi connectivity index (χ2v) is 5.50. The average molecular weight is 267 g/mol. The van der Waals surface area contributed by atoms with Gasteiger partial charge in [0.25, 0.3) is 0 Å². The van der Waals surface area contributed by atoms with Crippen LogP contribution in [-0.2, 0) is 0 Å². The average Bonchev–Trinajstić information content (AvgIpc) is 2.46. The normalized spacial score (nSPS) is 21.1. The van der Waals surface area contributed by atoms with Gasteiger partial charge < -0.3 is 15.8 Å². The minimum absolute atomic E-state index is 0.0188. The molecule has 1 aromatic rings. The van der Waals surface area contributed by atoms with E-state index in [1.807, 2.05) is 11.8 Å². The zero-order chi connectivity index (χ0) is 13.0. The Balaban J connectivity index is 2.09. The first-order valence-electron chi connectivity index (χ1n) is 5.91. The summed E-state index contributed by atoms with van der Waals surface area (Å²) in [7, 11) is 0. The molecule has 0 aliphatic carbocycles. The van der Waals surface area contributed by atoms with Gasteiger partial charge in [0.15, 0.2) is 5.84 Å². The maximum atomic E-state index is 8.55. The third kappa shape index (κ3) is 2.84.